The SMILES string of the molecule is COc1ccc(C(O)=C2C(=O)C(=O)N(CCc3c[nH]c4ccccc34)C2c2ccccc2Cl)cc1. The predicted octanol–water partition coefficient (Wildman–Crippen LogP) is 5.49. The molecule has 0 aliphatic carbocycles. The van der Waals surface area contributed by atoms with Crippen molar-refractivity contribution in [1.82, 2.24) is 9.88 Å². The number of aliphatic hydroxyl groups excluding tert-OH is 1. The second kappa shape index (κ2) is 9.31. The molecule has 4 aromatic rings. The number of rotatable bonds is 6. The third-order valence-electron chi connectivity index (χ3n) is 6.40. The molecule has 0 saturated carbocycles. The summed E-state index contributed by atoms with van der Waals surface area (Å²) in [4.78, 5) is 31.2. The maximum atomic E-state index is 13.2. The summed E-state index contributed by atoms with van der Waals surface area (Å²) in [6.45, 7) is 0.279. The number of aromatic nitrogens is 1. The number of halogens is 1. The van der Waals surface area contributed by atoms with Crippen molar-refractivity contribution < 1.29 is 19.4 Å². The molecule has 5 rings (SSSR count). The fourth-order valence-corrected chi connectivity index (χ4v) is 4.85. The molecule has 6 nitrogen and oxygen atoms in total. The van der Waals surface area contributed by atoms with E-state index in [4.69, 9.17) is 16.3 Å². The van der Waals surface area contributed by atoms with Crippen molar-refractivity contribution in [3.8, 4) is 5.75 Å². The number of ketones is 1. The maximum Gasteiger partial charge on any atom is 0.295 e. The van der Waals surface area contributed by atoms with Crippen LogP contribution in [0.4, 0.5) is 0 Å². The van der Waals surface area contributed by atoms with Crippen LogP contribution in [0, 0.1) is 0 Å². The molecule has 0 bridgehead atoms. The number of amides is 1. The second-order valence-corrected chi connectivity index (χ2v) is 8.76. The number of Topliss-reactive ketones (excluding diaryl/α,β-unsaturated/α-hetero) is 1. The van der Waals surface area contributed by atoms with E-state index in [2.05, 4.69) is 4.98 Å². The Morgan fingerprint density at radius 3 is 2.49 bits per heavy atom. The van der Waals surface area contributed by atoms with Gasteiger partial charge >= 0.3 is 0 Å². The smallest absolute Gasteiger partial charge is 0.295 e. The van der Waals surface area contributed by atoms with Gasteiger partial charge < -0.3 is 19.7 Å². The first-order valence-electron chi connectivity index (χ1n) is 11.2. The maximum absolute atomic E-state index is 13.2. The summed E-state index contributed by atoms with van der Waals surface area (Å²) in [6.07, 6.45) is 2.45. The number of carbonyl (C=O) groups excluding carboxylic acids is 2. The van der Waals surface area contributed by atoms with Gasteiger partial charge in [-0.05, 0) is 53.9 Å². The Hall–Kier alpha value is -4.03. The molecular formula is C28H23ClN2O4. The van der Waals surface area contributed by atoms with Crippen LogP contribution in [0.25, 0.3) is 16.7 Å². The number of ether oxygens (including phenoxy) is 1. The molecule has 2 N–H and O–H groups in total. The van der Waals surface area contributed by atoms with Crippen LogP contribution in [0.2, 0.25) is 5.02 Å². The lowest BCUT2D eigenvalue weighted by atomic mass is 9.95. The average Bonchev–Trinajstić information content (AvgIpc) is 3.41. The van der Waals surface area contributed by atoms with Crippen molar-refractivity contribution in [2.75, 3.05) is 13.7 Å². The predicted molar refractivity (Wildman–Crippen MR) is 135 cm³/mol. The van der Waals surface area contributed by atoms with Crippen LogP contribution in [-0.4, -0.2) is 40.3 Å². The zero-order valence-corrected chi connectivity index (χ0v) is 19.8. The topological polar surface area (TPSA) is 82.6 Å². The first kappa shape index (κ1) is 22.7. The van der Waals surface area contributed by atoms with E-state index in [1.807, 2.05) is 30.5 Å². The molecule has 1 fully saturated rings. The minimum absolute atomic E-state index is 0.0205. The molecular weight excluding hydrogens is 464 g/mol. The number of H-pyrrole nitrogens is 1. The highest BCUT2D eigenvalue weighted by molar-refractivity contribution is 6.47. The van der Waals surface area contributed by atoms with Gasteiger partial charge in [0.05, 0.1) is 18.7 Å². The van der Waals surface area contributed by atoms with E-state index in [1.54, 1.807) is 55.6 Å². The van der Waals surface area contributed by atoms with Gasteiger partial charge in [0.15, 0.2) is 0 Å². The number of likely N-dealkylation sites (tertiary alicyclic amines) is 1. The summed E-state index contributed by atoms with van der Waals surface area (Å²) in [6, 6.07) is 20.9. The summed E-state index contributed by atoms with van der Waals surface area (Å²) < 4.78 is 5.19. The standard InChI is InChI=1S/C28H23ClN2O4/c1-35-19-12-10-17(11-13-19)26(32)24-25(21-7-2-4-8-22(21)29)31(28(34)27(24)33)15-14-18-16-30-23-9-5-3-6-20(18)23/h2-13,16,25,30,32H,14-15H2,1H3. The van der Waals surface area contributed by atoms with Gasteiger partial charge in [0.25, 0.3) is 11.7 Å². The number of para-hydroxylation sites is 1. The van der Waals surface area contributed by atoms with Crippen LogP contribution in [0.1, 0.15) is 22.7 Å². The molecule has 1 aliphatic heterocycles. The van der Waals surface area contributed by atoms with Crippen LogP contribution in [-0.2, 0) is 16.0 Å². The Morgan fingerprint density at radius 2 is 1.74 bits per heavy atom. The van der Waals surface area contributed by atoms with Gasteiger partial charge in [-0.1, -0.05) is 48.0 Å². The minimum Gasteiger partial charge on any atom is -0.507 e. The zero-order valence-electron chi connectivity index (χ0n) is 19.0. The lowest BCUT2D eigenvalue weighted by Crippen LogP contribution is -2.31. The molecule has 1 saturated heterocycles. The summed E-state index contributed by atoms with van der Waals surface area (Å²) in [7, 11) is 1.55. The summed E-state index contributed by atoms with van der Waals surface area (Å²) in [5.74, 6) is -1.03. The fraction of sp³-hybridized carbons (Fsp3) is 0.143. The van der Waals surface area contributed by atoms with Gasteiger partial charge in [-0.3, -0.25) is 9.59 Å². The molecule has 1 atom stereocenters. The Bertz CT molecular complexity index is 1460. The van der Waals surface area contributed by atoms with Crippen LogP contribution in [0.3, 0.4) is 0 Å². The first-order valence-corrected chi connectivity index (χ1v) is 11.6. The van der Waals surface area contributed by atoms with Crippen molar-refractivity contribution in [3.63, 3.8) is 0 Å². The minimum atomic E-state index is -0.809. The first-order chi connectivity index (χ1) is 17.0. The van der Waals surface area contributed by atoms with Gasteiger partial charge in [-0.2, -0.15) is 0 Å². The van der Waals surface area contributed by atoms with Gasteiger partial charge in [0, 0.05) is 34.2 Å². The molecule has 1 aromatic heterocycles. The number of aromatic amines is 1. The summed E-state index contributed by atoms with van der Waals surface area (Å²) in [5, 5.41) is 12.7. The Balaban J connectivity index is 1.57. The number of fused-ring (bicyclic) bond motifs is 1. The van der Waals surface area contributed by atoms with E-state index in [1.165, 1.54) is 4.90 Å². The van der Waals surface area contributed by atoms with Crippen LogP contribution >= 0.6 is 11.6 Å². The van der Waals surface area contributed by atoms with Crippen LogP contribution in [0.5, 0.6) is 5.75 Å². The van der Waals surface area contributed by atoms with E-state index in [0.717, 1.165) is 16.5 Å². The van der Waals surface area contributed by atoms with E-state index >= 15 is 0 Å². The van der Waals surface area contributed by atoms with E-state index in [-0.39, 0.29) is 17.9 Å². The number of nitrogens with one attached hydrogen (secondary N) is 1. The average molecular weight is 487 g/mol. The normalized spacial score (nSPS) is 17.3. The number of hydrogen-bond acceptors (Lipinski definition) is 4. The highest BCUT2D eigenvalue weighted by Gasteiger charge is 2.46. The Morgan fingerprint density at radius 1 is 1.03 bits per heavy atom. The van der Waals surface area contributed by atoms with E-state index < -0.39 is 17.7 Å². The number of nitrogens with zero attached hydrogens (tertiary/aromatic N) is 1. The van der Waals surface area contributed by atoms with Gasteiger partial charge in [-0.15, -0.1) is 0 Å². The van der Waals surface area contributed by atoms with Crippen molar-refractivity contribution in [2.24, 2.45) is 0 Å². The second-order valence-electron chi connectivity index (χ2n) is 8.35. The summed E-state index contributed by atoms with van der Waals surface area (Å²) >= 11 is 6.52. The molecule has 1 aliphatic rings. The molecule has 35 heavy (non-hydrogen) atoms. The monoisotopic (exact) mass is 486 g/mol. The molecule has 2 heterocycles. The molecule has 1 amide bonds. The molecule has 0 radical (unpaired) electrons. The molecule has 176 valence electrons. The number of benzene rings is 3. The number of hydrogen-bond donors (Lipinski definition) is 2. The highest BCUT2D eigenvalue weighted by Crippen LogP contribution is 2.42. The Labute approximate surface area is 207 Å². The van der Waals surface area contributed by atoms with E-state index in [0.29, 0.717) is 28.3 Å². The van der Waals surface area contributed by atoms with Crippen molar-refractivity contribution in [1.29, 1.82) is 0 Å². The number of methoxy groups -OCH3 is 1. The van der Waals surface area contributed by atoms with Crippen LogP contribution < -0.4 is 4.74 Å². The van der Waals surface area contributed by atoms with Crippen molar-refractivity contribution in [2.45, 2.75) is 12.5 Å². The molecule has 0 spiro atoms. The largest absolute Gasteiger partial charge is 0.507 e. The lowest BCUT2D eigenvalue weighted by Gasteiger charge is -2.26. The van der Waals surface area contributed by atoms with Gasteiger partial charge in [0.2, 0.25) is 0 Å². The number of aliphatic hydroxyl groups is 1. The van der Waals surface area contributed by atoms with E-state index in [9.17, 15) is 14.7 Å². The third-order valence-corrected chi connectivity index (χ3v) is 6.74. The Kier molecular flexibility index (Phi) is 6.05. The molecule has 3 aromatic carbocycles. The molecule has 1 unspecified atom stereocenters. The highest BCUT2D eigenvalue weighted by atomic mass is 35.5. The van der Waals surface area contributed by atoms with Gasteiger partial charge in [-0.25, -0.2) is 0 Å². The summed E-state index contributed by atoms with van der Waals surface area (Å²) in [5.41, 5.74) is 3.06. The van der Waals surface area contributed by atoms with Crippen molar-refractivity contribution in [3.05, 3.63) is 106 Å². The van der Waals surface area contributed by atoms with Crippen LogP contribution in [0.15, 0.2) is 84.6 Å². The fourth-order valence-electron chi connectivity index (χ4n) is 4.61. The third kappa shape index (κ3) is 4.06. The lowest BCUT2D eigenvalue weighted by molar-refractivity contribution is -0.139. The number of carbonyl (C=O) groups is 2. The molecule has 7 heteroatoms. The zero-order chi connectivity index (χ0) is 24.5. The van der Waals surface area contributed by atoms with Gasteiger partial charge in [0.1, 0.15) is 11.5 Å². The quantitative estimate of drug-likeness (QED) is 0.214. The van der Waals surface area contributed by atoms with Crippen molar-refractivity contribution >= 4 is 40.0 Å².